The molecule has 0 amide bonds. The van der Waals surface area contributed by atoms with E-state index in [0.717, 1.165) is 32.6 Å². The van der Waals surface area contributed by atoms with Crippen LogP contribution >= 0.6 is 0 Å². The van der Waals surface area contributed by atoms with Crippen molar-refractivity contribution >= 4 is 5.97 Å². The minimum absolute atomic E-state index is 0.175. The van der Waals surface area contributed by atoms with Gasteiger partial charge in [0, 0.05) is 25.7 Å². The first-order valence-corrected chi connectivity index (χ1v) is 6.67. The Bertz CT molecular complexity index is 246. The number of carbonyl (C=O) groups is 1. The monoisotopic (exact) mass is 242 g/mol. The molecule has 100 valence electrons. The fraction of sp³-hybridized carbons (Fsp3) is 0.923. The third kappa shape index (κ3) is 5.04. The number of carboxylic acids is 1. The largest absolute Gasteiger partial charge is 0.481 e. The number of hydrogen-bond acceptors (Lipinski definition) is 3. The van der Waals surface area contributed by atoms with Crippen LogP contribution in [0, 0.1) is 5.92 Å². The van der Waals surface area contributed by atoms with Gasteiger partial charge < -0.3 is 10.0 Å². The molecule has 1 N–H and O–H groups in total. The van der Waals surface area contributed by atoms with Gasteiger partial charge in [-0.25, -0.2) is 0 Å². The Kier molecular flexibility index (Phi) is 5.92. The Morgan fingerprint density at radius 1 is 1.35 bits per heavy atom. The van der Waals surface area contributed by atoms with Gasteiger partial charge in [0.2, 0.25) is 0 Å². The zero-order valence-corrected chi connectivity index (χ0v) is 11.4. The van der Waals surface area contributed by atoms with Crippen molar-refractivity contribution in [3.63, 3.8) is 0 Å². The molecule has 0 aromatic heterocycles. The molecule has 0 aromatic carbocycles. The smallest absolute Gasteiger partial charge is 0.304 e. The molecular weight excluding hydrogens is 216 g/mol. The quantitative estimate of drug-likeness (QED) is 0.794. The molecule has 4 heteroatoms. The van der Waals surface area contributed by atoms with Gasteiger partial charge in [0.15, 0.2) is 0 Å². The molecule has 0 spiro atoms. The van der Waals surface area contributed by atoms with Gasteiger partial charge in [0.25, 0.3) is 0 Å². The molecule has 1 saturated heterocycles. The number of hydrogen-bond donors (Lipinski definition) is 1. The summed E-state index contributed by atoms with van der Waals surface area (Å²) >= 11 is 0. The number of carboxylic acid groups (broad SMARTS) is 1. The minimum Gasteiger partial charge on any atom is -0.481 e. The molecule has 2 unspecified atom stereocenters. The number of aliphatic carboxylic acids is 1. The van der Waals surface area contributed by atoms with E-state index in [-0.39, 0.29) is 12.5 Å². The van der Waals surface area contributed by atoms with E-state index in [1.165, 1.54) is 6.42 Å². The van der Waals surface area contributed by atoms with Gasteiger partial charge in [-0.1, -0.05) is 20.3 Å². The minimum atomic E-state index is -0.681. The predicted molar refractivity (Wildman–Crippen MR) is 69.2 cm³/mol. The molecule has 1 heterocycles. The molecule has 0 saturated carbocycles. The van der Waals surface area contributed by atoms with Crippen molar-refractivity contribution in [3.05, 3.63) is 0 Å². The lowest BCUT2D eigenvalue weighted by Crippen LogP contribution is -2.42. The van der Waals surface area contributed by atoms with Gasteiger partial charge in [-0.15, -0.1) is 0 Å². The highest BCUT2D eigenvalue weighted by atomic mass is 16.4. The Labute approximate surface area is 105 Å². The van der Waals surface area contributed by atoms with Crippen molar-refractivity contribution in [2.45, 2.75) is 39.2 Å². The second-order valence-corrected chi connectivity index (χ2v) is 5.43. The van der Waals surface area contributed by atoms with E-state index < -0.39 is 5.97 Å². The van der Waals surface area contributed by atoms with E-state index in [2.05, 4.69) is 30.7 Å². The summed E-state index contributed by atoms with van der Waals surface area (Å²) < 4.78 is 0. The fourth-order valence-corrected chi connectivity index (χ4v) is 2.72. The third-order valence-corrected chi connectivity index (χ3v) is 3.42. The number of nitrogens with zero attached hydrogens (tertiary/aromatic N) is 2. The van der Waals surface area contributed by atoms with Crippen LogP contribution in [0.1, 0.15) is 33.1 Å². The topological polar surface area (TPSA) is 43.8 Å². The second-order valence-electron chi connectivity index (χ2n) is 5.43. The summed E-state index contributed by atoms with van der Waals surface area (Å²) in [7, 11) is 2.09. The first kappa shape index (κ1) is 14.5. The average Bonchev–Trinajstić information content (AvgIpc) is 2.33. The van der Waals surface area contributed by atoms with Crippen LogP contribution in [0.15, 0.2) is 0 Å². The van der Waals surface area contributed by atoms with E-state index >= 15 is 0 Å². The van der Waals surface area contributed by atoms with Crippen molar-refractivity contribution in [2.75, 3.05) is 33.2 Å². The Morgan fingerprint density at radius 3 is 2.65 bits per heavy atom. The number of rotatable bonds is 5. The third-order valence-electron chi connectivity index (χ3n) is 3.42. The maximum atomic E-state index is 10.9. The van der Waals surface area contributed by atoms with Crippen molar-refractivity contribution in [3.8, 4) is 0 Å². The van der Waals surface area contributed by atoms with E-state index in [1.54, 1.807) is 0 Å². The molecule has 2 atom stereocenters. The number of unbranched alkanes of at least 4 members (excludes halogenated alkanes) is 1. The summed E-state index contributed by atoms with van der Waals surface area (Å²) in [6, 6.07) is 0.175. The summed E-state index contributed by atoms with van der Waals surface area (Å²) in [5, 5.41) is 9.01. The average molecular weight is 242 g/mol. The van der Waals surface area contributed by atoms with Gasteiger partial charge in [0.1, 0.15) is 0 Å². The summed E-state index contributed by atoms with van der Waals surface area (Å²) in [5.41, 5.74) is 0. The lowest BCUT2D eigenvalue weighted by molar-refractivity contribution is -0.138. The lowest BCUT2D eigenvalue weighted by atomic mass is 10.1. The zero-order chi connectivity index (χ0) is 12.8. The highest BCUT2D eigenvalue weighted by molar-refractivity contribution is 5.67. The van der Waals surface area contributed by atoms with Gasteiger partial charge >= 0.3 is 5.97 Å². The van der Waals surface area contributed by atoms with Crippen LogP contribution in [0.2, 0.25) is 0 Å². The van der Waals surface area contributed by atoms with Gasteiger partial charge in [-0.2, -0.15) is 0 Å². The summed E-state index contributed by atoms with van der Waals surface area (Å²) in [4.78, 5) is 15.6. The molecule has 0 aromatic rings. The Morgan fingerprint density at radius 2 is 2.06 bits per heavy atom. The van der Waals surface area contributed by atoms with Crippen molar-refractivity contribution < 1.29 is 9.90 Å². The molecule has 4 nitrogen and oxygen atoms in total. The second kappa shape index (κ2) is 6.97. The molecule has 1 fully saturated rings. The van der Waals surface area contributed by atoms with Gasteiger partial charge in [0.05, 0.1) is 6.42 Å². The molecule has 0 aliphatic carbocycles. The van der Waals surface area contributed by atoms with Crippen molar-refractivity contribution in [1.82, 2.24) is 9.80 Å². The predicted octanol–water partition coefficient (Wildman–Crippen LogP) is 1.51. The molecular formula is C13H26N2O2. The molecule has 1 rings (SSSR count). The van der Waals surface area contributed by atoms with Crippen LogP contribution in [-0.4, -0.2) is 60.1 Å². The maximum absolute atomic E-state index is 10.9. The summed E-state index contributed by atoms with van der Waals surface area (Å²) in [5.74, 6) is -0.0601. The highest BCUT2D eigenvalue weighted by Gasteiger charge is 2.27. The fourth-order valence-electron chi connectivity index (χ4n) is 2.72. The maximum Gasteiger partial charge on any atom is 0.304 e. The molecule has 1 aliphatic heterocycles. The molecule has 0 radical (unpaired) electrons. The summed E-state index contributed by atoms with van der Waals surface area (Å²) in [6.07, 6.45) is 2.59. The SMILES string of the molecule is CCCCN1CC(C)CN(C)CC1CC(=O)O. The van der Waals surface area contributed by atoms with E-state index in [9.17, 15) is 4.79 Å². The first-order chi connectivity index (χ1) is 8.02. The molecule has 1 aliphatic rings. The van der Waals surface area contributed by atoms with Crippen molar-refractivity contribution in [1.29, 1.82) is 0 Å². The normalized spacial score (nSPS) is 27.9. The van der Waals surface area contributed by atoms with Crippen LogP contribution in [0.25, 0.3) is 0 Å². The molecule has 17 heavy (non-hydrogen) atoms. The summed E-state index contributed by atoms with van der Waals surface area (Å²) in [6.45, 7) is 8.44. The van der Waals surface area contributed by atoms with Crippen LogP contribution in [0.4, 0.5) is 0 Å². The van der Waals surface area contributed by atoms with E-state index in [1.807, 2.05) is 0 Å². The van der Waals surface area contributed by atoms with E-state index in [0.29, 0.717) is 5.92 Å². The van der Waals surface area contributed by atoms with Crippen LogP contribution < -0.4 is 0 Å². The van der Waals surface area contributed by atoms with Crippen molar-refractivity contribution in [2.24, 2.45) is 5.92 Å². The van der Waals surface area contributed by atoms with Crippen LogP contribution in [0.5, 0.6) is 0 Å². The van der Waals surface area contributed by atoms with Crippen LogP contribution in [-0.2, 0) is 4.79 Å². The highest BCUT2D eigenvalue weighted by Crippen LogP contribution is 2.16. The number of likely N-dealkylation sites (N-methyl/N-ethyl adjacent to an activating group) is 1. The molecule has 0 bridgehead atoms. The van der Waals surface area contributed by atoms with E-state index in [4.69, 9.17) is 5.11 Å². The first-order valence-electron chi connectivity index (χ1n) is 6.67. The zero-order valence-electron chi connectivity index (χ0n) is 11.4. The Hall–Kier alpha value is -0.610. The van der Waals surface area contributed by atoms with Gasteiger partial charge in [-0.3, -0.25) is 9.69 Å². The van der Waals surface area contributed by atoms with Gasteiger partial charge in [-0.05, 0) is 25.9 Å². The standard InChI is InChI=1S/C13H26N2O2/c1-4-5-6-15-9-11(2)8-14(3)10-12(15)7-13(16)17/h11-12H,4-10H2,1-3H3,(H,16,17). The Balaban J connectivity index is 2.65. The lowest BCUT2D eigenvalue weighted by Gasteiger charge is -2.30. The van der Waals surface area contributed by atoms with Crippen LogP contribution in [0.3, 0.4) is 0 Å².